The van der Waals surface area contributed by atoms with E-state index in [0.29, 0.717) is 33.5 Å². The van der Waals surface area contributed by atoms with Crippen molar-refractivity contribution in [2.24, 2.45) is 0 Å². The van der Waals surface area contributed by atoms with Crippen molar-refractivity contribution in [2.45, 2.75) is 6.10 Å². The maximum absolute atomic E-state index is 13.2. The number of rotatable bonds is 9. The van der Waals surface area contributed by atoms with Gasteiger partial charge in [-0.05, 0) is 72.8 Å². The molecule has 0 radical (unpaired) electrons. The van der Waals surface area contributed by atoms with Crippen LogP contribution in [-0.4, -0.2) is 44.5 Å². The Hall–Kier alpha value is -3.22. The molecule has 0 spiro atoms. The van der Waals surface area contributed by atoms with Gasteiger partial charge in [-0.25, -0.2) is 0 Å². The maximum atomic E-state index is 13.2. The third-order valence-corrected chi connectivity index (χ3v) is 4.87. The van der Waals surface area contributed by atoms with E-state index < -0.39 is 6.10 Å². The van der Waals surface area contributed by atoms with Gasteiger partial charge in [0.05, 0.1) is 20.8 Å². The zero-order valence-corrected chi connectivity index (χ0v) is 18.1. The zero-order chi connectivity index (χ0) is 22.2. The van der Waals surface area contributed by atoms with Crippen LogP contribution in [0.5, 0.6) is 17.2 Å². The third-order valence-electron chi connectivity index (χ3n) is 4.62. The van der Waals surface area contributed by atoms with E-state index in [9.17, 15) is 9.90 Å². The van der Waals surface area contributed by atoms with Gasteiger partial charge in [-0.15, -0.1) is 0 Å². The van der Waals surface area contributed by atoms with Gasteiger partial charge in [-0.1, -0.05) is 11.6 Å². The Balaban J connectivity index is 1.73. The summed E-state index contributed by atoms with van der Waals surface area (Å²) < 4.78 is 15.9. The predicted molar refractivity (Wildman–Crippen MR) is 121 cm³/mol. The quantitative estimate of drug-likeness (QED) is 0.531. The number of aliphatic hydroxyl groups is 1. The zero-order valence-electron chi connectivity index (χ0n) is 17.3. The number of anilines is 1. The average molecular weight is 442 g/mol. The Morgan fingerprint density at radius 3 is 1.94 bits per heavy atom. The Kier molecular flexibility index (Phi) is 7.76. The van der Waals surface area contributed by atoms with Crippen molar-refractivity contribution in [1.29, 1.82) is 0 Å². The first-order chi connectivity index (χ1) is 15.0. The third kappa shape index (κ3) is 6.13. The monoisotopic (exact) mass is 441 g/mol. The van der Waals surface area contributed by atoms with E-state index in [1.165, 1.54) is 4.90 Å². The summed E-state index contributed by atoms with van der Waals surface area (Å²) in [5.41, 5.74) is 1.09. The van der Waals surface area contributed by atoms with Gasteiger partial charge in [0, 0.05) is 16.3 Å². The molecule has 7 heteroatoms. The van der Waals surface area contributed by atoms with E-state index in [-0.39, 0.29) is 19.1 Å². The molecule has 0 aliphatic carbocycles. The molecule has 3 aromatic carbocycles. The van der Waals surface area contributed by atoms with Crippen LogP contribution >= 0.6 is 11.6 Å². The second-order valence-corrected chi connectivity index (χ2v) is 7.20. The normalized spacial score (nSPS) is 11.5. The summed E-state index contributed by atoms with van der Waals surface area (Å²) in [6.07, 6.45) is -0.917. The lowest BCUT2D eigenvalue weighted by Crippen LogP contribution is -2.40. The number of aliphatic hydroxyl groups excluding tert-OH is 1. The van der Waals surface area contributed by atoms with Crippen molar-refractivity contribution < 1.29 is 24.1 Å². The van der Waals surface area contributed by atoms with Crippen LogP contribution < -0.4 is 19.1 Å². The van der Waals surface area contributed by atoms with Crippen LogP contribution in [0.1, 0.15) is 10.4 Å². The van der Waals surface area contributed by atoms with E-state index in [1.807, 2.05) is 0 Å². The molecule has 0 saturated carbocycles. The molecule has 0 saturated heterocycles. The van der Waals surface area contributed by atoms with Crippen molar-refractivity contribution in [1.82, 2.24) is 0 Å². The number of hydrogen-bond acceptors (Lipinski definition) is 5. The number of amides is 1. The van der Waals surface area contributed by atoms with Crippen LogP contribution in [0, 0.1) is 0 Å². The molecular formula is C24H24ClNO5. The van der Waals surface area contributed by atoms with Crippen LogP contribution in [0.2, 0.25) is 5.02 Å². The van der Waals surface area contributed by atoms with Crippen molar-refractivity contribution in [2.75, 3.05) is 32.3 Å². The molecule has 6 nitrogen and oxygen atoms in total. The Bertz CT molecular complexity index is 974. The van der Waals surface area contributed by atoms with E-state index in [1.54, 1.807) is 87.0 Å². The van der Waals surface area contributed by atoms with E-state index in [4.69, 9.17) is 25.8 Å². The number of methoxy groups -OCH3 is 2. The number of hydrogen-bond donors (Lipinski definition) is 1. The average Bonchev–Trinajstić information content (AvgIpc) is 2.82. The topological polar surface area (TPSA) is 68.2 Å². The van der Waals surface area contributed by atoms with Crippen LogP contribution in [0.4, 0.5) is 5.69 Å². The van der Waals surface area contributed by atoms with E-state index in [2.05, 4.69) is 0 Å². The minimum Gasteiger partial charge on any atom is -0.497 e. The first-order valence-electron chi connectivity index (χ1n) is 9.66. The molecule has 0 heterocycles. The predicted octanol–water partition coefficient (Wildman–Crippen LogP) is 4.44. The van der Waals surface area contributed by atoms with Gasteiger partial charge in [0.15, 0.2) is 0 Å². The van der Waals surface area contributed by atoms with Gasteiger partial charge in [0.25, 0.3) is 5.91 Å². The summed E-state index contributed by atoms with van der Waals surface area (Å²) in [6.45, 7) is 0.0644. The summed E-state index contributed by atoms with van der Waals surface area (Å²) in [6, 6.07) is 20.7. The molecule has 1 N–H and O–H groups in total. The Morgan fingerprint density at radius 2 is 1.39 bits per heavy atom. The standard InChI is InChI=1S/C24H24ClNO5/c1-29-21-9-3-17(4-10-21)24(28)26(19-7-5-18(25)6-8-19)15-20(27)16-31-23-13-11-22(30-2)12-14-23/h3-14,20,27H,15-16H2,1-2H3. The van der Waals surface area contributed by atoms with Gasteiger partial charge >= 0.3 is 0 Å². The SMILES string of the molecule is COc1ccc(OCC(O)CN(C(=O)c2ccc(OC)cc2)c2ccc(Cl)cc2)cc1. The second kappa shape index (κ2) is 10.7. The van der Waals surface area contributed by atoms with Crippen LogP contribution in [-0.2, 0) is 0 Å². The van der Waals surface area contributed by atoms with Crippen LogP contribution in [0.25, 0.3) is 0 Å². The number of halogens is 1. The second-order valence-electron chi connectivity index (χ2n) is 6.76. The molecule has 3 aromatic rings. The fraction of sp³-hybridized carbons (Fsp3) is 0.208. The lowest BCUT2D eigenvalue weighted by molar-refractivity contribution is 0.0906. The first-order valence-corrected chi connectivity index (χ1v) is 10.0. The molecule has 0 aliphatic rings. The highest BCUT2D eigenvalue weighted by Crippen LogP contribution is 2.22. The van der Waals surface area contributed by atoms with Crippen molar-refractivity contribution in [3.8, 4) is 17.2 Å². The maximum Gasteiger partial charge on any atom is 0.258 e. The van der Waals surface area contributed by atoms with Crippen molar-refractivity contribution in [3.63, 3.8) is 0 Å². The molecule has 31 heavy (non-hydrogen) atoms. The van der Waals surface area contributed by atoms with Crippen molar-refractivity contribution in [3.05, 3.63) is 83.4 Å². The summed E-state index contributed by atoms with van der Waals surface area (Å²) in [7, 11) is 3.15. The number of ether oxygens (including phenoxy) is 3. The van der Waals surface area contributed by atoms with E-state index in [0.717, 1.165) is 0 Å². The minimum absolute atomic E-state index is 0.0201. The number of carbonyl (C=O) groups is 1. The van der Waals surface area contributed by atoms with Gasteiger partial charge in [-0.2, -0.15) is 0 Å². The molecule has 1 amide bonds. The highest BCUT2D eigenvalue weighted by Gasteiger charge is 2.21. The highest BCUT2D eigenvalue weighted by molar-refractivity contribution is 6.30. The molecule has 0 aromatic heterocycles. The van der Waals surface area contributed by atoms with Gasteiger partial charge < -0.3 is 24.2 Å². The molecule has 3 rings (SSSR count). The molecule has 1 atom stereocenters. The first kappa shape index (κ1) is 22.5. The van der Waals surface area contributed by atoms with E-state index >= 15 is 0 Å². The molecule has 0 aliphatic heterocycles. The molecule has 162 valence electrons. The highest BCUT2D eigenvalue weighted by atomic mass is 35.5. The molecule has 0 bridgehead atoms. The van der Waals surface area contributed by atoms with Crippen molar-refractivity contribution >= 4 is 23.2 Å². The summed E-state index contributed by atoms with van der Waals surface area (Å²) in [5, 5.41) is 11.1. The Morgan fingerprint density at radius 1 is 0.871 bits per heavy atom. The number of benzene rings is 3. The number of carbonyl (C=O) groups excluding carboxylic acids is 1. The van der Waals surface area contributed by atoms with Gasteiger partial charge in [-0.3, -0.25) is 4.79 Å². The van der Waals surface area contributed by atoms with Crippen LogP contribution in [0.15, 0.2) is 72.8 Å². The van der Waals surface area contributed by atoms with Crippen LogP contribution in [0.3, 0.4) is 0 Å². The summed E-state index contributed by atoms with van der Waals surface area (Å²) >= 11 is 6.00. The molecule has 1 unspecified atom stereocenters. The summed E-state index contributed by atoms with van der Waals surface area (Å²) in [5.74, 6) is 1.71. The van der Waals surface area contributed by atoms with Gasteiger partial charge in [0.1, 0.15) is 30.0 Å². The molecular weight excluding hydrogens is 418 g/mol. The lowest BCUT2D eigenvalue weighted by atomic mass is 10.1. The lowest BCUT2D eigenvalue weighted by Gasteiger charge is -2.26. The summed E-state index contributed by atoms with van der Waals surface area (Å²) in [4.78, 5) is 14.7. The number of nitrogens with zero attached hydrogens (tertiary/aromatic N) is 1. The van der Waals surface area contributed by atoms with Gasteiger partial charge in [0.2, 0.25) is 0 Å². The largest absolute Gasteiger partial charge is 0.497 e. The Labute approximate surface area is 186 Å². The molecule has 0 fully saturated rings. The fourth-order valence-electron chi connectivity index (χ4n) is 2.94. The smallest absolute Gasteiger partial charge is 0.258 e. The minimum atomic E-state index is -0.917. The fourth-order valence-corrected chi connectivity index (χ4v) is 3.07.